The van der Waals surface area contributed by atoms with Crippen LogP contribution in [0.2, 0.25) is 5.82 Å². The molecular weight excluding hydrogens is 589 g/mol. The Kier molecular flexibility index (Phi) is 11.6. The monoisotopic (exact) mass is 639 g/mol. The maximum atomic E-state index is 13.5. The third kappa shape index (κ3) is 7.76. The molecule has 46 heavy (non-hydrogen) atoms. The van der Waals surface area contributed by atoms with Crippen molar-refractivity contribution in [3.8, 4) is 11.4 Å². The number of rotatable bonds is 8. The molecule has 1 N–H and O–H groups in total. The van der Waals surface area contributed by atoms with E-state index < -0.39 is 41.3 Å². The van der Waals surface area contributed by atoms with Gasteiger partial charge in [-0.3, -0.25) is 19.2 Å². The van der Waals surface area contributed by atoms with Gasteiger partial charge >= 0.3 is 12.1 Å². The first-order valence-electron chi connectivity index (χ1n) is 16.5. The van der Waals surface area contributed by atoms with Gasteiger partial charge in [0.1, 0.15) is 37.0 Å². The lowest BCUT2D eigenvalue weighted by Crippen LogP contribution is -2.60. The number of methoxy groups -OCH3 is 1. The average Bonchev–Trinajstić information content (AvgIpc) is 3.61. The zero-order valence-electron chi connectivity index (χ0n) is 28.6. The second-order valence-corrected chi connectivity index (χ2v) is 13.5. The summed E-state index contributed by atoms with van der Waals surface area (Å²) < 4.78 is 19.9. The number of Topliss-reactive ketones (excluding diaryl/α,β-unsaturated/α-hetero) is 1. The molecule has 0 unspecified atom stereocenters. The fraction of sp³-hybridized carbons (Fsp3) is 0.719. The fourth-order valence-electron chi connectivity index (χ4n) is 6.92. The lowest BCUT2D eigenvalue weighted by atomic mass is 9.67. The summed E-state index contributed by atoms with van der Waals surface area (Å²) in [5.41, 5.74) is -0.388. The molecule has 0 aromatic carbocycles. The molecule has 0 bridgehead atoms. The van der Waals surface area contributed by atoms with E-state index in [4.69, 9.17) is 14.2 Å². The molecule has 4 rings (SSSR count). The van der Waals surface area contributed by atoms with Gasteiger partial charge in [0.05, 0.1) is 17.8 Å². The van der Waals surface area contributed by atoms with Crippen molar-refractivity contribution in [2.45, 2.75) is 115 Å². The van der Waals surface area contributed by atoms with E-state index >= 15 is 0 Å². The molecule has 13 nitrogen and oxygen atoms in total. The number of carbonyl (C=O) groups excluding carboxylic acids is 3. The van der Waals surface area contributed by atoms with E-state index in [1.807, 2.05) is 47.8 Å². The molecule has 0 radical (unpaired) electrons. The van der Waals surface area contributed by atoms with Gasteiger partial charge in [0.15, 0.2) is 5.60 Å². The number of carbonyl (C=O) groups is 3. The molecule has 2 saturated heterocycles. The number of hydrogen-bond acceptors (Lipinski definition) is 11. The highest BCUT2D eigenvalue weighted by molar-refractivity contribution is 6.15. The van der Waals surface area contributed by atoms with Crippen LogP contribution in [0.15, 0.2) is 24.5 Å². The Hall–Kier alpha value is -3.39. The number of nitrogens with one attached hydrogen (secondary N) is 1. The number of unbranched alkanes of at least 4 members (excludes halogenated alkanes) is 1. The minimum Gasteiger partial charge on any atom is -0.458 e. The third-order valence-electron chi connectivity index (χ3n) is 10.0. The number of esters is 1. The van der Waals surface area contributed by atoms with Crippen molar-refractivity contribution in [1.82, 2.24) is 35.4 Å². The first kappa shape index (κ1) is 35.5. The summed E-state index contributed by atoms with van der Waals surface area (Å²) in [6.45, 7) is 13.3. The van der Waals surface area contributed by atoms with Crippen LogP contribution in [0.1, 0.15) is 73.6 Å². The first-order chi connectivity index (χ1) is 21.8. The van der Waals surface area contributed by atoms with Crippen LogP contribution in [0, 0.1) is 11.8 Å². The van der Waals surface area contributed by atoms with Gasteiger partial charge in [0.25, 0.3) is 0 Å². The van der Waals surface area contributed by atoms with E-state index in [0.29, 0.717) is 43.9 Å². The number of aromatic nitrogens is 5. The van der Waals surface area contributed by atoms with Crippen LogP contribution in [0.4, 0.5) is 4.79 Å². The Balaban J connectivity index is 1.53. The molecule has 14 heteroatoms. The minimum atomic E-state index is -1.13. The SMILES string of the molecule is B[C@@H]1CC(=O)[C@@H](C)C(=O)O[C@H](CC)[C@@]2(C)OC(=O)N(CCCCn3cc(-c4cccnn4)nn3)[C@@H]2[C@@H](C)NC[C@H](C)C[C@@]1(C)OC. The van der Waals surface area contributed by atoms with Crippen molar-refractivity contribution in [2.24, 2.45) is 11.8 Å². The quantitative estimate of drug-likeness (QED) is 0.197. The zero-order valence-corrected chi connectivity index (χ0v) is 28.6. The second kappa shape index (κ2) is 15.0. The predicted molar refractivity (Wildman–Crippen MR) is 174 cm³/mol. The topological polar surface area (TPSA) is 151 Å². The average molecular weight is 640 g/mol. The molecular formula is C32H50BN7O6. The van der Waals surface area contributed by atoms with Gasteiger partial charge in [-0.2, -0.15) is 5.10 Å². The lowest BCUT2D eigenvalue weighted by Gasteiger charge is -2.41. The summed E-state index contributed by atoms with van der Waals surface area (Å²) in [4.78, 5) is 41.9. The molecule has 2 aromatic rings. The van der Waals surface area contributed by atoms with Gasteiger partial charge < -0.3 is 19.5 Å². The normalized spacial score (nSPS) is 33.1. The van der Waals surface area contributed by atoms with E-state index in [9.17, 15) is 14.4 Å². The number of amides is 1. The number of fused-ring (bicyclic) bond motifs is 1. The molecule has 8 atom stereocenters. The highest BCUT2D eigenvalue weighted by Gasteiger charge is 2.58. The summed E-state index contributed by atoms with van der Waals surface area (Å²) in [7, 11) is 3.67. The smallest absolute Gasteiger partial charge is 0.410 e. The van der Waals surface area contributed by atoms with Crippen molar-refractivity contribution in [3.63, 3.8) is 0 Å². The standard InChI is InChI=1S/C32H50BN7O6/c1-8-27-32(6)28(22(4)34-18-20(2)17-31(5,44-7)26(33)16-25(41)21(3)29(42)45-27)40(30(43)46-32)15-10-9-14-39-19-24(37-38-39)23-12-11-13-35-36-23/h11-13,19-22,26-28,34H,8-10,14-18,33H2,1-7H3/t20-,21-,22-,26-,27-,28-,31-,32-/m1/s1. The largest absolute Gasteiger partial charge is 0.458 e. The number of hydrogen-bond donors (Lipinski definition) is 1. The van der Waals surface area contributed by atoms with Crippen molar-refractivity contribution in [2.75, 3.05) is 20.2 Å². The van der Waals surface area contributed by atoms with Gasteiger partial charge in [0.2, 0.25) is 0 Å². The van der Waals surface area contributed by atoms with Gasteiger partial charge in [-0.25, -0.2) is 4.79 Å². The Morgan fingerprint density at radius 2 is 1.85 bits per heavy atom. The summed E-state index contributed by atoms with van der Waals surface area (Å²) in [6, 6.07) is 3.02. The number of ether oxygens (including phenoxy) is 3. The number of aryl methyl sites for hydroxylation is 1. The maximum Gasteiger partial charge on any atom is 0.410 e. The summed E-state index contributed by atoms with van der Waals surface area (Å²) >= 11 is 0. The number of cyclic esters (lactones) is 1. The minimum absolute atomic E-state index is 0.100. The summed E-state index contributed by atoms with van der Waals surface area (Å²) in [5.74, 6) is -1.63. The fourth-order valence-corrected chi connectivity index (χ4v) is 6.92. The molecule has 2 fully saturated rings. The first-order valence-corrected chi connectivity index (χ1v) is 16.5. The number of ketones is 1. The third-order valence-corrected chi connectivity index (χ3v) is 10.0. The second-order valence-electron chi connectivity index (χ2n) is 13.5. The highest BCUT2D eigenvalue weighted by Crippen LogP contribution is 2.39. The van der Waals surface area contributed by atoms with E-state index in [-0.39, 0.29) is 30.0 Å². The van der Waals surface area contributed by atoms with Gasteiger partial charge in [-0.15, -0.1) is 10.2 Å². The lowest BCUT2D eigenvalue weighted by molar-refractivity contribution is -0.169. The molecule has 0 spiro atoms. The maximum absolute atomic E-state index is 13.5. The summed E-state index contributed by atoms with van der Waals surface area (Å²) in [5, 5.41) is 20.1. The Labute approximate surface area is 272 Å². The molecule has 4 heterocycles. The van der Waals surface area contributed by atoms with Crippen LogP contribution < -0.4 is 5.32 Å². The van der Waals surface area contributed by atoms with Crippen LogP contribution in [-0.4, -0.2) is 105 Å². The van der Waals surface area contributed by atoms with E-state index in [1.54, 1.807) is 35.9 Å². The molecule has 2 aromatic heterocycles. The molecule has 252 valence electrons. The van der Waals surface area contributed by atoms with Crippen LogP contribution in [0.5, 0.6) is 0 Å². The molecule has 0 saturated carbocycles. The zero-order chi connectivity index (χ0) is 33.6. The van der Waals surface area contributed by atoms with Gasteiger partial charge in [0, 0.05) is 38.9 Å². The van der Waals surface area contributed by atoms with E-state index in [1.165, 1.54) is 0 Å². The van der Waals surface area contributed by atoms with Crippen LogP contribution in [0.25, 0.3) is 11.4 Å². The predicted octanol–water partition coefficient (Wildman–Crippen LogP) is 2.86. The van der Waals surface area contributed by atoms with Gasteiger partial charge in [-0.05, 0) is 83.8 Å². The van der Waals surface area contributed by atoms with E-state index in [2.05, 4.69) is 32.7 Å². The molecule has 2 aliphatic heterocycles. The highest BCUT2D eigenvalue weighted by atomic mass is 16.6. The van der Waals surface area contributed by atoms with Crippen molar-refractivity contribution in [1.29, 1.82) is 0 Å². The van der Waals surface area contributed by atoms with Crippen molar-refractivity contribution < 1.29 is 28.6 Å². The molecule has 2 aliphatic rings. The molecule has 1 amide bonds. The Bertz CT molecular complexity index is 1350. The molecule has 0 aliphatic carbocycles. The van der Waals surface area contributed by atoms with Crippen molar-refractivity contribution in [3.05, 3.63) is 24.5 Å². The summed E-state index contributed by atoms with van der Waals surface area (Å²) in [6.07, 6.45) is 5.03. The Morgan fingerprint density at radius 1 is 1.11 bits per heavy atom. The number of nitrogens with zero attached hydrogens (tertiary/aromatic N) is 6. The van der Waals surface area contributed by atoms with Crippen molar-refractivity contribution >= 4 is 25.7 Å². The van der Waals surface area contributed by atoms with Crippen LogP contribution in [0.3, 0.4) is 0 Å². The van der Waals surface area contributed by atoms with Crippen LogP contribution >= 0.6 is 0 Å². The van der Waals surface area contributed by atoms with E-state index in [0.717, 1.165) is 12.8 Å². The Morgan fingerprint density at radius 3 is 2.52 bits per heavy atom. The van der Waals surface area contributed by atoms with Gasteiger partial charge in [-0.1, -0.05) is 19.1 Å². The van der Waals surface area contributed by atoms with Crippen LogP contribution in [-0.2, 0) is 30.3 Å².